The molecule has 25 heavy (non-hydrogen) atoms. The van der Waals surface area contributed by atoms with Crippen LogP contribution in [0.4, 0.5) is 5.69 Å². The number of carbonyl (C=O) groups excluding carboxylic acids is 1. The normalized spacial score (nSPS) is 15.9. The molecule has 3 rings (SSSR count). The number of sulfonamides is 1. The van der Waals surface area contributed by atoms with Gasteiger partial charge in [-0.2, -0.15) is 4.31 Å². The van der Waals surface area contributed by atoms with Gasteiger partial charge in [0.05, 0.1) is 14.7 Å². The van der Waals surface area contributed by atoms with Crippen LogP contribution < -0.4 is 0 Å². The van der Waals surface area contributed by atoms with Crippen molar-refractivity contribution in [2.75, 3.05) is 26.2 Å². The van der Waals surface area contributed by atoms with Crippen molar-refractivity contribution in [1.82, 2.24) is 9.21 Å². The number of benzene rings is 1. The Kier molecular flexibility index (Phi) is 4.84. The summed E-state index contributed by atoms with van der Waals surface area (Å²) in [6, 6.07) is 8.52. The van der Waals surface area contributed by atoms with E-state index in [2.05, 4.69) is 0 Å². The molecule has 8 nitrogen and oxygen atoms in total. The van der Waals surface area contributed by atoms with Gasteiger partial charge >= 0.3 is 0 Å². The highest BCUT2D eigenvalue weighted by molar-refractivity contribution is 7.89. The highest BCUT2D eigenvalue weighted by atomic mass is 32.2. The monoisotopic (exact) mass is 381 g/mol. The van der Waals surface area contributed by atoms with Crippen LogP contribution in [-0.4, -0.2) is 54.6 Å². The molecule has 0 spiro atoms. The lowest BCUT2D eigenvalue weighted by molar-refractivity contribution is -0.385. The van der Waals surface area contributed by atoms with E-state index in [1.807, 2.05) is 5.38 Å². The highest BCUT2D eigenvalue weighted by Gasteiger charge is 2.31. The standard InChI is InChI=1S/C15H15N3O5S2/c19-15(14-5-2-10-24-14)16-6-8-17(9-7-16)25(22,23)13-4-1-3-12(11-13)18(20)21/h1-5,10-11H,6-9H2. The van der Waals surface area contributed by atoms with Crippen molar-refractivity contribution in [1.29, 1.82) is 0 Å². The smallest absolute Gasteiger partial charge is 0.270 e. The number of hydrogen-bond acceptors (Lipinski definition) is 6. The van der Waals surface area contributed by atoms with E-state index < -0.39 is 14.9 Å². The van der Waals surface area contributed by atoms with E-state index >= 15 is 0 Å². The van der Waals surface area contributed by atoms with Gasteiger partial charge in [0.25, 0.3) is 11.6 Å². The third-order valence-electron chi connectivity index (χ3n) is 3.92. The number of carbonyl (C=O) groups is 1. The summed E-state index contributed by atoms with van der Waals surface area (Å²) in [6.45, 7) is 0.875. The molecule has 0 atom stereocenters. The Morgan fingerprint density at radius 1 is 1.12 bits per heavy atom. The van der Waals surface area contributed by atoms with Gasteiger partial charge in [0.1, 0.15) is 0 Å². The first-order valence-electron chi connectivity index (χ1n) is 7.47. The van der Waals surface area contributed by atoms with Crippen LogP contribution in [0, 0.1) is 10.1 Å². The van der Waals surface area contributed by atoms with E-state index in [1.54, 1.807) is 17.0 Å². The Labute approximate surface area is 148 Å². The van der Waals surface area contributed by atoms with Gasteiger partial charge in [0.15, 0.2) is 0 Å². The van der Waals surface area contributed by atoms with Crippen LogP contribution in [0.25, 0.3) is 0 Å². The minimum atomic E-state index is -3.83. The number of nitro benzene ring substituents is 1. The lowest BCUT2D eigenvalue weighted by Gasteiger charge is -2.33. The van der Waals surface area contributed by atoms with E-state index in [1.165, 1.54) is 33.8 Å². The molecule has 0 radical (unpaired) electrons. The number of nitrogens with zero attached hydrogens (tertiary/aromatic N) is 3. The van der Waals surface area contributed by atoms with Crippen molar-refractivity contribution in [3.05, 3.63) is 56.8 Å². The molecular weight excluding hydrogens is 366 g/mol. The average molecular weight is 381 g/mol. The third kappa shape index (κ3) is 3.55. The number of amides is 1. The fraction of sp³-hybridized carbons (Fsp3) is 0.267. The Balaban J connectivity index is 1.72. The Morgan fingerprint density at radius 2 is 1.84 bits per heavy atom. The minimum absolute atomic E-state index is 0.109. The van der Waals surface area contributed by atoms with Crippen molar-refractivity contribution in [3.8, 4) is 0 Å². The topological polar surface area (TPSA) is 101 Å². The SMILES string of the molecule is O=C(c1cccs1)N1CCN(S(=O)(=O)c2cccc([N+](=O)[O-])c2)CC1. The Bertz CT molecular complexity index is 888. The average Bonchev–Trinajstić information content (AvgIpc) is 3.16. The first-order chi connectivity index (χ1) is 11.9. The second-order valence-corrected chi connectivity index (χ2v) is 8.31. The molecule has 132 valence electrons. The number of rotatable bonds is 4. The molecule has 10 heteroatoms. The first-order valence-corrected chi connectivity index (χ1v) is 9.79. The molecule has 1 aromatic carbocycles. The number of piperazine rings is 1. The summed E-state index contributed by atoms with van der Waals surface area (Å²) in [5, 5.41) is 12.7. The van der Waals surface area contributed by atoms with Crippen LogP contribution in [0.15, 0.2) is 46.7 Å². The van der Waals surface area contributed by atoms with Gasteiger partial charge in [-0.05, 0) is 17.5 Å². The van der Waals surface area contributed by atoms with Crippen LogP contribution in [0.3, 0.4) is 0 Å². The summed E-state index contributed by atoms with van der Waals surface area (Å²) >= 11 is 1.35. The molecular formula is C15H15N3O5S2. The number of thiophene rings is 1. The zero-order valence-corrected chi connectivity index (χ0v) is 14.7. The molecule has 0 unspecified atom stereocenters. The van der Waals surface area contributed by atoms with E-state index in [0.29, 0.717) is 4.88 Å². The summed E-state index contributed by atoms with van der Waals surface area (Å²) < 4.78 is 26.6. The molecule has 1 aliphatic heterocycles. The van der Waals surface area contributed by atoms with Crippen LogP contribution in [0.1, 0.15) is 9.67 Å². The zero-order valence-electron chi connectivity index (χ0n) is 13.1. The maximum absolute atomic E-state index is 12.7. The second-order valence-electron chi connectivity index (χ2n) is 5.43. The fourth-order valence-corrected chi connectivity index (χ4v) is 4.75. The van der Waals surface area contributed by atoms with Crippen LogP contribution in [0.5, 0.6) is 0 Å². The van der Waals surface area contributed by atoms with Crippen LogP contribution >= 0.6 is 11.3 Å². The van der Waals surface area contributed by atoms with Crippen LogP contribution in [0.2, 0.25) is 0 Å². The predicted molar refractivity (Wildman–Crippen MR) is 92.1 cm³/mol. The van der Waals surface area contributed by atoms with Gasteiger partial charge in [-0.25, -0.2) is 8.42 Å². The molecule has 2 aromatic rings. The van der Waals surface area contributed by atoms with E-state index in [-0.39, 0.29) is 42.7 Å². The minimum Gasteiger partial charge on any atom is -0.335 e. The molecule has 0 N–H and O–H groups in total. The number of non-ortho nitro benzene ring substituents is 1. The molecule has 2 heterocycles. The van der Waals surface area contributed by atoms with E-state index in [9.17, 15) is 23.3 Å². The maximum Gasteiger partial charge on any atom is 0.270 e. The Hall–Kier alpha value is -2.30. The van der Waals surface area contributed by atoms with Crippen LogP contribution in [-0.2, 0) is 10.0 Å². The summed E-state index contributed by atoms with van der Waals surface area (Å²) in [5.41, 5.74) is -0.271. The molecule has 1 saturated heterocycles. The lowest BCUT2D eigenvalue weighted by Crippen LogP contribution is -2.50. The van der Waals surface area contributed by atoms with Gasteiger partial charge in [0, 0.05) is 38.3 Å². The fourth-order valence-electron chi connectivity index (χ4n) is 2.59. The van der Waals surface area contributed by atoms with E-state index in [0.717, 1.165) is 6.07 Å². The number of hydrogen-bond donors (Lipinski definition) is 0. The highest BCUT2D eigenvalue weighted by Crippen LogP contribution is 2.22. The molecule has 1 aliphatic rings. The predicted octanol–water partition coefficient (Wildman–Crippen LogP) is 1.80. The van der Waals surface area contributed by atoms with E-state index in [4.69, 9.17) is 0 Å². The van der Waals surface area contributed by atoms with Gasteiger partial charge in [-0.1, -0.05) is 12.1 Å². The van der Waals surface area contributed by atoms with Crippen molar-refractivity contribution in [2.24, 2.45) is 0 Å². The summed E-state index contributed by atoms with van der Waals surface area (Å²) in [7, 11) is -3.83. The van der Waals surface area contributed by atoms with Gasteiger partial charge in [-0.3, -0.25) is 14.9 Å². The summed E-state index contributed by atoms with van der Waals surface area (Å²) in [6.07, 6.45) is 0. The molecule has 1 amide bonds. The molecule has 0 bridgehead atoms. The first kappa shape index (κ1) is 17.5. The largest absolute Gasteiger partial charge is 0.335 e. The van der Waals surface area contributed by atoms with Gasteiger partial charge in [0.2, 0.25) is 10.0 Å². The van der Waals surface area contributed by atoms with Gasteiger partial charge in [-0.15, -0.1) is 11.3 Å². The van der Waals surface area contributed by atoms with Crippen molar-refractivity contribution < 1.29 is 18.1 Å². The molecule has 0 saturated carbocycles. The zero-order chi connectivity index (χ0) is 18.0. The maximum atomic E-state index is 12.7. The van der Waals surface area contributed by atoms with Gasteiger partial charge < -0.3 is 4.90 Å². The van der Waals surface area contributed by atoms with Crippen molar-refractivity contribution >= 4 is 33.0 Å². The summed E-state index contributed by atoms with van der Waals surface area (Å²) in [4.78, 5) is 24.6. The third-order valence-corrected chi connectivity index (χ3v) is 6.68. The molecule has 1 fully saturated rings. The number of nitro groups is 1. The second kappa shape index (κ2) is 6.90. The molecule has 0 aliphatic carbocycles. The molecule has 1 aromatic heterocycles. The lowest BCUT2D eigenvalue weighted by atomic mass is 10.3. The Morgan fingerprint density at radius 3 is 2.44 bits per heavy atom. The summed E-state index contributed by atoms with van der Waals surface area (Å²) in [5.74, 6) is -0.109. The van der Waals surface area contributed by atoms with Crippen molar-refractivity contribution in [2.45, 2.75) is 4.90 Å². The van der Waals surface area contributed by atoms with Crippen molar-refractivity contribution in [3.63, 3.8) is 0 Å². The quantitative estimate of drug-likeness (QED) is 0.594.